The van der Waals surface area contributed by atoms with Crippen LogP contribution in [0.25, 0.3) is 26.6 Å². The zero-order chi connectivity index (χ0) is 26.2. The predicted octanol–water partition coefficient (Wildman–Crippen LogP) is 7.39. The summed E-state index contributed by atoms with van der Waals surface area (Å²) in [6, 6.07) is 24.4. The quantitative estimate of drug-likeness (QED) is 0.160. The first kappa shape index (κ1) is 24.6. The summed E-state index contributed by atoms with van der Waals surface area (Å²) in [7, 11) is 0. The first-order chi connectivity index (χ1) is 19.2. The smallest absolute Gasteiger partial charge is 0.234 e. The molecule has 1 amide bonds. The molecule has 9 heteroatoms. The summed E-state index contributed by atoms with van der Waals surface area (Å²) in [5, 5.41) is 17.1. The third-order valence-corrected chi connectivity index (χ3v) is 10.1. The van der Waals surface area contributed by atoms with E-state index in [2.05, 4.69) is 44.2 Å². The van der Waals surface area contributed by atoms with Gasteiger partial charge in [-0.05, 0) is 48.3 Å². The van der Waals surface area contributed by atoms with Gasteiger partial charge >= 0.3 is 0 Å². The van der Waals surface area contributed by atoms with E-state index in [4.69, 9.17) is 4.98 Å². The Morgan fingerprint density at radius 1 is 0.897 bits per heavy atom. The maximum absolute atomic E-state index is 13.0. The topological polar surface area (TPSA) is 72.2 Å². The van der Waals surface area contributed by atoms with Gasteiger partial charge in [0.05, 0.1) is 11.1 Å². The van der Waals surface area contributed by atoms with Crippen molar-refractivity contribution in [2.75, 3.05) is 11.1 Å². The molecule has 7 rings (SSSR count). The Labute approximate surface area is 238 Å². The summed E-state index contributed by atoms with van der Waals surface area (Å²) in [5.41, 5.74) is 4.29. The van der Waals surface area contributed by atoms with Crippen LogP contribution in [0.2, 0.25) is 0 Å². The highest BCUT2D eigenvalue weighted by atomic mass is 32.2. The molecule has 0 bridgehead atoms. The highest BCUT2D eigenvalue weighted by Gasteiger charge is 2.24. The molecule has 0 atom stereocenters. The number of rotatable bonds is 7. The van der Waals surface area contributed by atoms with Gasteiger partial charge in [-0.25, -0.2) is 9.38 Å². The van der Waals surface area contributed by atoms with Gasteiger partial charge in [0.2, 0.25) is 5.91 Å². The van der Waals surface area contributed by atoms with Gasteiger partial charge in [0.1, 0.15) is 4.83 Å². The molecule has 194 valence electrons. The molecular weight excluding hydrogens is 543 g/mol. The second-order valence-corrected chi connectivity index (χ2v) is 12.5. The number of aromatic nitrogens is 4. The molecule has 0 aliphatic heterocycles. The fourth-order valence-corrected chi connectivity index (χ4v) is 8.22. The first-order valence-electron chi connectivity index (χ1n) is 13.0. The molecule has 0 unspecified atom stereocenters. The van der Waals surface area contributed by atoms with E-state index in [1.165, 1.54) is 40.6 Å². The minimum absolute atomic E-state index is 0.0754. The molecule has 3 aromatic heterocycles. The number of carbonyl (C=O) groups excluding carboxylic acids is 1. The Hall–Kier alpha value is -3.40. The zero-order valence-electron chi connectivity index (χ0n) is 21.1. The Morgan fingerprint density at radius 2 is 1.72 bits per heavy atom. The number of aryl methyl sites for hydroxylation is 2. The predicted molar refractivity (Wildman–Crippen MR) is 162 cm³/mol. The van der Waals surface area contributed by atoms with Crippen molar-refractivity contribution in [3.63, 3.8) is 0 Å². The summed E-state index contributed by atoms with van der Waals surface area (Å²) in [6.45, 7) is 0. The number of nitrogens with one attached hydrogen (secondary N) is 1. The summed E-state index contributed by atoms with van der Waals surface area (Å²) >= 11 is 4.89. The molecule has 0 spiro atoms. The van der Waals surface area contributed by atoms with E-state index in [0.29, 0.717) is 5.16 Å². The molecule has 0 fully saturated rings. The molecule has 0 radical (unpaired) electrons. The van der Waals surface area contributed by atoms with Crippen LogP contribution in [0.1, 0.15) is 28.8 Å². The van der Waals surface area contributed by atoms with Crippen molar-refractivity contribution in [3.8, 4) is 0 Å². The van der Waals surface area contributed by atoms with E-state index < -0.39 is 0 Å². The minimum Gasteiger partial charge on any atom is -0.325 e. The molecule has 0 saturated carbocycles. The number of thioether (sulfide) groups is 2. The maximum Gasteiger partial charge on any atom is 0.234 e. The number of carbonyl (C=O) groups is 1. The number of hydrogen-bond acceptors (Lipinski definition) is 7. The van der Waals surface area contributed by atoms with Crippen LogP contribution < -0.4 is 5.32 Å². The average Bonchev–Trinajstić information content (AvgIpc) is 3.57. The van der Waals surface area contributed by atoms with Gasteiger partial charge < -0.3 is 5.32 Å². The SMILES string of the molecule is O=C(CSc1nnc2c3c4c(sc3nc(SCc3ccccc3)n12)CCCC4)Nc1cccc2ccccc12. The third kappa shape index (κ3) is 4.79. The molecule has 3 aromatic carbocycles. The van der Waals surface area contributed by atoms with Gasteiger partial charge in [0.15, 0.2) is 16.0 Å². The lowest BCUT2D eigenvalue weighted by Gasteiger charge is -2.11. The lowest BCUT2D eigenvalue weighted by atomic mass is 9.97. The Morgan fingerprint density at radius 3 is 2.64 bits per heavy atom. The zero-order valence-corrected chi connectivity index (χ0v) is 23.5. The lowest BCUT2D eigenvalue weighted by molar-refractivity contribution is -0.113. The molecule has 0 saturated heterocycles. The van der Waals surface area contributed by atoms with Crippen LogP contribution in [0.4, 0.5) is 5.69 Å². The number of hydrogen-bond donors (Lipinski definition) is 1. The van der Waals surface area contributed by atoms with Crippen molar-refractivity contribution in [3.05, 3.63) is 88.8 Å². The average molecular weight is 568 g/mol. The molecule has 1 N–H and O–H groups in total. The summed E-state index contributed by atoms with van der Waals surface area (Å²) in [6.07, 6.45) is 4.59. The number of anilines is 1. The first-order valence-corrected chi connectivity index (χ1v) is 15.8. The van der Waals surface area contributed by atoms with Crippen LogP contribution in [0.15, 0.2) is 83.1 Å². The number of fused-ring (bicyclic) bond motifs is 6. The van der Waals surface area contributed by atoms with Gasteiger partial charge in [-0.1, -0.05) is 90.3 Å². The van der Waals surface area contributed by atoms with Crippen LogP contribution in [-0.4, -0.2) is 31.2 Å². The van der Waals surface area contributed by atoms with Gasteiger partial charge in [0, 0.05) is 21.7 Å². The lowest BCUT2D eigenvalue weighted by Crippen LogP contribution is -2.14. The van der Waals surface area contributed by atoms with E-state index in [1.807, 2.05) is 48.5 Å². The van der Waals surface area contributed by atoms with Crippen LogP contribution in [0, 0.1) is 0 Å². The number of benzene rings is 3. The van der Waals surface area contributed by atoms with E-state index in [-0.39, 0.29) is 11.7 Å². The van der Waals surface area contributed by atoms with Crippen LogP contribution in [0.3, 0.4) is 0 Å². The standard InChI is InChI=1S/C30H25N5OS3/c36-25(31-23-15-8-12-20-11-4-5-13-21(20)23)18-38-30-34-33-27-26-22-14-6-7-16-24(22)39-28(26)32-29(35(27)30)37-17-19-9-2-1-3-10-19/h1-5,8-13,15H,6-7,14,16-18H2,(H,31,36). The Bertz CT molecular complexity index is 1820. The van der Waals surface area contributed by atoms with Crippen molar-refractivity contribution in [2.24, 2.45) is 0 Å². The van der Waals surface area contributed by atoms with Crippen molar-refractivity contribution in [1.82, 2.24) is 19.6 Å². The van der Waals surface area contributed by atoms with Crippen molar-refractivity contribution < 1.29 is 4.79 Å². The fourth-order valence-electron chi connectivity index (χ4n) is 5.17. The number of thiophene rings is 1. The van der Waals surface area contributed by atoms with Gasteiger partial charge in [0.25, 0.3) is 0 Å². The van der Waals surface area contributed by atoms with E-state index >= 15 is 0 Å². The Balaban J connectivity index is 1.21. The van der Waals surface area contributed by atoms with Crippen LogP contribution >= 0.6 is 34.9 Å². The maximum atomic E-state index is 13.0. The highest BCUT2D eigenvalue weighted by Crippen LogP contribution is 2.40. The summed E-state index contributed by atoms with van der Waals surface area (Å²) in [4.78, 5) is 20.6. The monoisotopic (exact) mass is 567 g/mol. The molecular formula is C30H25N5OS3. The number of amides is 1. The van der Waals surface area contributed by atoms with Gasteiger partial charge in [-0.2, -0.15) is 0 Å². The fraction of sp³-hybridized carbons (Fsp3) is 0.200. The van der Waals surface area contributed by atoms with E-state index in [1.54, 1.807) is 23.1 Å². The normalized spacial score (nSPS) is 13.2. The van der Waals surface area contributed by atoms with Crippen molar-refractivity contribution >= 4 is 73.1 Å². The minimum atomic E-state index is -0.0754. The largest absolute Gasteiger partial charge is 0.325 e. The Kier molecular flexibility index (Phi) is 6.72. The summed E-state index contributed by atoms with van der Waals surface area (Å²) < 4.78 is 2.06. The molecule has 1 aliphatic rings. The second kappa shape index (κ2) is 10.6. The third-order valence-electron chi connectivity index (χ3n) is 7.01. The molecule has 6 aromatic rings. The van der Waals surface area contributed by atoms with Crippen LogP contribution in [-0.2, 0) is 23.4 Å². The van der Waals surface area contributed by atoms with E-state index in [9.17, 15) is 4.79 Å². The summed E-state index contributed by atoms with van der Waals surface area (Å²) in [5.74, 6) is 0.948. The van der Waals surface area contributed by atoms with Crippen LogP contribution in [0.5, 0.6) is 0 Å². The van der Waals surface area contributed by atoms with E-state index in [0.717, 1.165) is 56.1 Å². The number of nitrogens with zero attached hydrogens (tertiary/aromatic N) is 4. The van der Waals surface area contributed by atoms with Crippen molar-refractivity contribution in [2.45, 2.75) is 41.7 Å². The molecule has 6 nitrogen and oxygen atoms in total. The molecule has 3 heterocycles. The van der Waals surface area contributed by atoms with Gasteiger partial charge in [-0.15, -0.1) is 21.5 Å². The van der Waals surface area contributed by atoms with Gasteiger partial charge in [-0.3, -0.25) is 4.79 Å². The second-order valence-electron chi connectivity index (χ2n) is 9.56. The van der Waals surface area contributed by atoms with Crippen molar-refractivity contribution in [1.29, 1.82) is 0 Å². The molecule has 39 heavy (non-hydrogen) atoms. The molecule has 1 aliphatic carbocycles. The highest BCUT2D eigenvalue weighted by molar-refractivity contribution is 8.00.